The lowest BCUT2D eigenvalue weighted by atomic mass is 10.0. The molecule has 0 atom stereocenters. The summed E-state index contributed by atoms with van der Waals surface area (Å²) in [5.74, 6) is 0.0847. The van der Waals surface area contributed by atoms with Crippen molar-refractivity contribution in [3.05, 3.63) is 23.8 Å². The lowest BCUT2D eigenvalue weighted by Crippen LogP contribution is -2.48. The van der Waals surface area contributed by atoms with Crippen molar-refractivity contribution in [1.29, 1.82) is 0 Å². The van der Waals surface area contributed by atoms with E-state index in [9.17, 15) is 4.79 Å². The first kappa shape index (κ1) is 14.7. The van der Waals surface area contributed by atoms with Gasteiger partial charge in [-0.05, 0) is 56.9 Å². The standard InChI is InChI=1S/C16H25N3O/c1-4-16(2,3)18-15(20)11-19-9-5-6-12-10-13(17)7-8-14(12)19/h7-8,10H,4-6,9,11,17H2,1-3H3,(H,18,20). The molecule has 0 fully saturated rings. The third-order valence-electron chi connectivity index (χ3n) is 4.01. The van der Waals surface area contributed by atoms with E-state index >= 15 is 0 Å². The Labute approximate surface area is 121 Å². The van der Waals surface area contributed by atoms with E-state index in [-0.39, 0.29) is 11.4 Å². The molecule has 1 amide bonds. The average Bonchev–Trinajstić information content (AvgIpc) is 2.38. The first-order valence-electron chi connectivity index (χ1n) is 7.35. The second-order valence-electron chi connectivity index (χ2n) is 6.20. The first-order valence-corrected chi connectivity index (χ1v) is 7.35. The van der Waals surface area contributed by atoms with Gasteiger partial charge in [0.05, 0.1) is 6.54 Å². The molecule has 1 aromatic rings. The maximum absolute atomic E-state index is 12.2. The Kier molecular flexibility index (Phi) is 4.21. The largest absolute Gasteiger partial charge is 0.399 e. The molecule has 0 spiro atoms. The molecular weight excluding hydrogens is 250 g/mol. The molecule has 2 rings (SSSR count). The molecule has 4 heteroatoms. The number of fused-ring (bicyclic) bond motifs is 1. The first-order chi connectivity index (χ1) is 9.41. The minimum absolute atomic E-state index is 0.0847. The van der Waals surface area contributed by atoms with Crippen molar-refractivity contribution >= 4 is 17.3 Å². The van der Waals surface area contributed by atoms with Gasteiger partial charge in [-0.3, -0.25) is 4.79 Å². The van der Waals surface area contributed by atoms with Gasteiger partial charge in [0.1, 0.15) is 0 Å². The van der Waals surface area contributed by atoms with Crippen molar-refractivity contribution < 1.29 is 4.79 Å². The molecule has 1 aromatic carbocycles. The maximum Gasteiger partial charge on any atom is 0.239 e. The zero-order valence-electron chi connectivity index (χ0n) is 12.7. The van der Waals surface area contributed by atoms with Gasteiger partial charge in [0.25, 0.3) is 0 Å². The molecule has 110 valence electrons. The Balaban J connectivity index is 2.07. The minimum Gasteiger partial charge on any atom is -0.399 e. The smallest absolute Gasteiger partial charge is 0.239 e. The van der Waals surface area contributed by atoms with E-state index in [0.717, 1.165) is 37.2 Å². The Morgan fingerprint density at radius 2 is 2.20 bits per heavy atom. The Hall–Kier alpha value is -1.71. The summed E-state index contributed by atoms with van der Waals surface area (Å²) in [6, 6.07) is 5.96. The molecule has 4 nitrogen and oxygen atoms in total. The molecule has 3 N–H and O–H groups in total. The molecule has 1 aliphatic heterocycles. The second-order valence-corrected chi connectivity index (χ2v) is 6.20. The topological polar surface area (TPSA) is 58.4 Å². The summed E-state index contributed by atoms with van der Waals surface area (Å²) in [5.41, 5.74) is 8.88. The zero-order valence-corrected chi connectivity index (χ0v) is 12.7. The van der Waals surface area contributed by atoms with Crippen LogP contribution in [0.4, 0.5) is 11.4 Å². The molecule has 0 saturated carbocycles. The van der Waals surface area contributed by atoms with Crippen LogP contribution in [-0.4, -0.2) is 24.5 Å². The average molecular weight is 275 g/mol. The zero-order chi connectivity index (χ0) is 14.8. The van der Waals surface area contributed by atoms with E-state index in [1.807, 2.05) is 18.2 Å². The van der Waals surface area contributed by atoms with E-state index in [1.54, 1.807) is 0 Å². The van der Waals surface area contributed by atoms with E-state index in [0.29, 0.717) is 6.54 Å². The van der Waals surface area contributed by atoms with Crippen LogP contribution >= 0.6 is 0 Å². The molecule has 0 unspecified atom stereocenters. The molecule has 0 radical (unpaired) electrons. The highest BCUT2D eigenvalue weighted by Gasteiger charge is 2.22. The van der Waals surface area contributed by atoms with E-state index in [4.69, 9.17) is 5.73 Å². The van der Waals surface area contributed by atoms with Crippen molar-refractivity contribution in [3.8, 4) is 0 Å². The Bertz CT molecular complexity index is 496. The number of aryl methyl sites for hydroxylation is 1. The molecule has 1 aliphatic rings. The number of carbonyl (C=O) groups is 1. The van der Waals surface area contributed by atoms with Crippen LogP contribution in [0.25, 0.3) is 0 Å². The Morgan fingerprint density at radius 3 is 2.90 bits per heavy atom. The van der Waals surface area contributed by atoms with Crippen LogP contribution in [0.15, 0.2) is 18.2 Å². The highest BCUT2D eigenvalue weighted by Crippen LogP contribution is 2.28. The van der Waals surface area contributed by atoms with Crippen molar-refractivity contribution in [3.63, 3.8) is 0 Å². The fourth-order valence-corrected chi connectivity index (χ4v) is 2.54. The lowest BCUT2D eigenvalue weighted by molar-refractivity contribution is -0.121. The van der Waals surface area contributed by atoms with Gasteiger partial charge in [-0.2, -0.15) is 0 Å². The van der Waals surface area contributed by atoms with Gasteiger partial charge in [-0.15, -0.1) is 0 Å². The van der Waals surface area contributed by atoms with E-state index in [2.05, 4.69) is 31.0 Å². The van der Waals surface area contributed by atoms with Gasteiger partial charge >= 0.3 is 0 Å². The van der Waals surface area contributed by atoms with Crippen LogP contribution in [0.3, 0.4) is 0 Å². The fraction of sp³-hybridized carbons (Fsp3) is 0.562. The fourth-order valence-electron chi connectivity index (χ4n) is 2.54. The summed E-state index contributed by atoms with van der Waals surface area (Å²) in [4.78, 5) is 14.3. The summed E-state index contributed by atoms with van der Waals surface area (Å²) < 4.78 is 0. The summed E-state index contributed by atoms with van der Waals surface area (Å²) in [6.45, 7) is 7.53. The third-order valence-corrected chi connectivity index (χ3v) is 4.01. The highest BCUT2D eigenvalue weighted by molar-refractivity contribution is 5.82. The van der Waals surface area contributed by atoms with Crippen LogP contribution in [0.1, 0.15) is 39.2 Å². The third kappa shape index (κ3) is 3.44. The number of nitrogens with one attached hydrogen (secondary N) is 1. The van der Waals surface area contributed by atoms with Crippen LogP contribution in [0, 0.1) is 0 Å². The quantitative estimate of drug-likeness (QED) is 0.829. The molecule has 20 heavy (non-hydrogen) atoms. The molecule has 0 aliphatic carbocycles. The number of benzene rings is 1. The van der Waals surface area contributed by atoms with Gasteiger partial charge in [-0.25, -0.2) is 0 Å². The number of nitrogens with zero attached hydrogens (tertiary/aromatic N) is 1. The number of nitrogens with two attached hydrogens (primary N) is 1. The summed E-state index contributed by atoms with van der Waals surface area (Å²) in [5, 5.41) is 3.09. The van der Waals surface area contributed by atoms with Gasteiger partial charge in [0.15, 0.2) is 0 Å². The molecule has 0 aromatic heterocycles. The van der Waals surface area contributed by atoms with Crippen molar-refractivity contribution in [2.24, 2.45) is 0 Å². The predicted molar refractivity (Wildman–Crippen MR) is 83.9 cm³/mol. The summed E-state index contributed by atoms with van der Waals surface area (Å²) in [6.07, 6.45) is 3.03. The Morgan fingerprint density at radius 1 is 1.45 bits per heavy atom. The van der Waals surface area contributed by atoms with Gasteiger partial charge in [0, 0.05) is 23.5 Å². The number of hydrogen-bond donors (Lipinski definition) is 2. The molecule has 0 bridgehead atoms. The number of rotatable bonds is 4. The summed E-state index contributed by atoms with van der Waals surface area (Å²) in [7, 11) is 0. The second kappa shape index (κ2) is 5.73. The number of hydrogen-bond acceptors (Lipinski definition) is 3. The number of anilines is 2. The SMILES string of the molecule is CCC(C)(C)NC(=O)CN1CCCc2cc(N)ccc21. The van der Waals surface area contributed by atoms with E-state index in [1.165, 1.54) is 5.56 Å². The monoisotopic (exact) mass is 275 g/mol. The van der Waals surface area contributed by atoms with Gasteiger partial charge < -0.3 is 16.0 Å². The number of amides is 1. The highest BCUT2D eigenvalue weighted by atomic mass is 16.2. The minimum atomic E-state index is -0.142. The molecule has 0 saturated heterocycles. The van der Waals surface area contributed by atoms with Crippen LogP contribution < -0.4 is 16.0 Å². The van der Waals surface area contributed by atoms with Crippen LogP contribution in [0.2, 0.25) is 0 Å². The van der Waals surface area contributed by atoms with Crippen LogP contribution in [0.5, 0.6) is 0 Å². The van der Waals surface area contributed by atoms with Gasteiger partial charge in [0.2, 0.25) is 5.91 Å². The summed E-state index contributed by atoms with van der Waals surface area (Å²) >= 11 is 0. The lowest BCUT2D eigenvalue weighted by Gasteiger charge is -2.32. The predicted octanol–water partition coefficient (Wildman–Crippen LogP) is 2.33. The maximum atomic E-state index is 12.2. The van der Waals surface area contributed by atoms with Crippen molar-refractivity contribution in [2.45, 2.75) is 45.6 Å². The van der Waals surface area contributed by atoms with Gasteiger partial charge in [-0.1, -0.05) is 6.92 Å². The van der Waals surface area contributed by atoms with Crippen molar-refractivity contribution in [2.75, 3.05) is 23.7 Å². The van der Waals surface area contributed by atoms with E-state index < -0.39 is 0 Å². The molecule has 1 heterocycles. The number of carbonyl (C=O) groups excluding carboxylic acids is 1. The van der Waals surface area contributed by atoms with Crippen LogP contribution in [-0.2, 0) is 11.2 Å². The normalized spacial score (nSPS) is 14.8. The number of nitrogen functional groups attached to an aromatic ring is 1. The molecular formula is C16H25N3O. The van der Waals surface area contributed by atoms with Crippen molar-refractivity contribution in [1.82, 2.24) is 5.32 Å².